The summed E-state index contributed by atoms with van der Waals surface area (Å²) in [4.78, 5) is 28.2. The first-order valence-electron chi connectivity index (χ1n) is 12.1. The summed E-state index contributed by atoms with van der Waals surface area (Å²) >= 11 is 12.5. The fourth-order valence-corrected chi connectivity index (χ4v) is 5.81. The van der Waals surface area contributed by atoms with E-state index in [2.05, 4.69) is 5.32 Å². The highest BCUT2D eigenvalue weighted by Gasteiger charge is 2.33. The number of hydrogen-bond donors (Lipinski definition) is 1. The van der Waals surface area contributed by atoms with Crippen molar-refractivity contribution in [3.05, 3.63) is 94.0 Å². The third-order valence-corrected chi connectivity index (χ3v) is 8.17. The molecule has 0 bridgehead atoms. The van der Waals surface area contributed by atoms with E-state index >= 15 is 0 Å². The van der Waals surface area contributed by atoms with E-state index in [4.69, 9.17) is 23.2 Å². The molecule has 3 aromatic rings. The van der Waals surface area contributed by atoms with Crippen LogP contribution in [0.5, 0.6) is 0 Å². The van der Waals surface area contributed by atoms with Gasteiger partial charge in [0.25, 0.3) is 10.0 Å². The van der Waals surface area contributed by atoms with Crippen molar-refractivity contribution in [2.24, 2.45) is 0 Å². The van der Waals surface area contributed by atoms with Crippen molar-refractivity contribution in [1.82, 2.24) is 10.2 Å². The molecule has 0 fully saturated rings. The molecule has 202 valence electrons. The second-order valence-electron chi connectivity index (χ2n) is 9.27. The molecule has 0 spiro atoms. The van der Waals surface area contributed by atoms with E-state index in [9.17, 15) is 18.0 Å². The largest absolute Gasteiger partial charge is 0.352 e. The number of aryl methyl sites for hydroxylation is 1. The molecule has 3 rings (SSSR count). The van der Waals surface area contributed by atoms with Gasteiger partial charge in [0.15, 0.2) is 0 Å². The summed E-state index contributed by atoms with van der Waals surface area (Å²) < 4.78 is 28.5. The first-order valence-corrected chi connectivity index (χ1v) is 14.3. The minimum absolute atomic E-state index is 0.00509. The van der Waals surface area contributed by atoms with E-state index in [0.717, 1.165) is 15.4 Å². The summed E-state index contributed by atoms with van der Waals surface area (Å²) in [5.74, 6) is -0.912. The lowest BCUT2D eigenvalue weighted by Gasteiger charge is -2.32. The van der Waals surface area contributed by atoms with E-state index in [1.165, 1.54) is 35.2 Å². The second-order valence-corrected chi connectivity index (χ2v) is 12.0. The number of amides is 2. The highest BCUT2D eigenvalue weighted by molar-refractivity contribution is 7.92. The maximum atomic E-state index is 13.9. The van der Waals surface area contributed by atoms with E-state index in [0.29, 0.717) is 5.02 Å². The number of rotatable bonds is 10. The van der Waals surface area contributed by atoms with Crippen molar-refractivity contribution in [2.45, 2.75) is 51.2 Å². The molecule has 10 heteroatoms. The van der Waals surface area contributed by atoms with Gasteiger partial charge < -0.3 is 10.2 Å². The number of nitrogens with zero attached hydrogens (tertiary/aromatic N) is 2. The van der Waals surface area contributed by atoms with Crippen molar-refractivity contribution in [3.63, 3.8) is 0 Å². The molecule has 0 radical (unpaired) electrons. The van der Waals surface area contributed by atoms with Gasteiger partial charge in [-0.15, -0.1) is 0 Å². The molecule has 0 aromatic heterocycles. The van der Waals surface area contributed by atoms with E-state index < -0.39 is 28.5 Å². The molecule has 38 heavy (non-hydrogen) atoms. The topological polar surface area (TPSA) is 86.8 Å². The Kier molecular flexibility index (Phi) is 9.82. The molecule has 7 nitrogen and oxygen atoms in total. The van der Waals surface area contributed by atoms with Gasteiger partial charge in [-0.05, 0) is 63.6 Å². The van der Waals surface area contributed by atoms with Crippen LogP contribution in [0, 0.1) is 6.92 Å². The van der Waals surface area contributed by atoms with E-state index in [-0.39, 0.29) is 34.1 Å². The van der Waals surface area contributed by atoms with E-state index in [1.807, 2.05) is 45.0 Å². The quantitative estimate of drug-likeness (QED) is 0.348. The number of nitrogens with one attached hydrogen (secondary N) is 1. The van der Waals surface area contributed by atoms with Crippen molar-refractivity contribution < 1.29 is 18.0 Å². The minimum Gasteiger partial charge on any atom is -0.352 e. The van der Waals surface area contributed by atoms with Crippen LogP contribution in [0.2, 0.25) is 10.0 Å². The summed E-state index contributed by atoms with van der Waals surface area (Å²) in [5, 5.41) is 3.22. The van der Waals surface area contributed by atoms with Crippen LogP contribution >= 0.6 is 23.2 Å². The zero-order chi connectivity index (χ0) is 28.0. The second kappa shape index (κ2) is 12.7. The monoisotopic (exact) mass is 575 g/mol. The Bertz CT molecular complexity index is 1380. The third-order valence-electron chi connectivity index (χ3n) is 5.86. The van der Waals surface area contributed by atoms with Gasteiger partial charge in [0.1, 0.15) is 12.6 Å². The minimum atomic E-state index is -4.20. The van der Waals surface area contributed by atoms with Crippen LogP contribution in [-0.4, -0.2) is 43.8 Å². The first-order chi connectivity index (χ1) is 17.9. The highest BCUT2D eigenvalue weighted by atomic mass is 35.5. The van der Waals surface area contributed by atoms with Gasteiger partial charge in [-0.3, -0.25) is 13.9 Å². The highest BCUT2D eigenvalue weighted by Crippen LogP contribution is 2.33. The predicted molar refractivity (Wildman–Crippen MR) is 152 cm³/mol. The molecule has 1 N–H and O–H groups in total. The van der Waals surface area contributed by atoms with Crippen molar-refractivity contribution in [3.8, 4) is 0 Å². The van der Waals surface area contributed by atoms with Gasteiger partial charge in [0.05, 0.1) is 15.6 Å². The summed E-state index contributed by atoms with van der Waals surface area (Å²) in [6.45, 7) is 6.76. The maximum Gasteiger partial charge on any atom is 0.264 e. The zero-order valence-corrected chi connectivity index (χ0v) is 24.0. The van der Waals surface area contributed by atoms with Gasteiger partial charge in [0, 0.05) is 17.6 Å². The molecule has 0 aliphatic carbocycles. The maximum absolute atomic E-state index is 13.9. The van der Waals surface area contributed by atoms with Crippen LogP contribution in [0.4, 0.5) is 5.69 Å². The average Bonchev–Trinajstić information content (AvgIpc) is 2.87. The van der Waals surface area contributed by atoms with Crippen LogP contribution in [0.3, 0.4) is 0 Å². The van der Waals surface area contributed by atoms with Crippen LogP contribution in [0.15, 0.2) is 77.7 Å². The standard InChI is InChI=1S/C28H31Cl2N3O4S/c1-19(2)31-28(35)21(4)32(17-22-12-10-20(3)11-13-22)27(34)18-33(26-15-14-23(29)16-25(26)30)38(36,37)24-8-6-5-7-9-24/h5-16,19,21H,17-18H2,1-4H3,(H,31,35)/t21-/m0/s1. The molecule has 0 unspecified atom stereocenters. The summed E-state index contributed by atoms with van der Waals surface area (Å²) in [5.41, 5.74) is 1.95. The van der Waals surface area contributed by atoms with Gasteiger partial charge in [-0.25, -0.2) is 8.42 Å². The number of anilines is 1. The van der Waals surface area contributed by atoms with Gasteiger partial charge in [-0.1, -0.05) is 71.2 Å². The number of carbonyl (C=O) groups is 2. The van der Waals surface area contributed by atoms with Crippen molar-refractivity contribution in [2.75, 3.05) is 10.8 Å². The predicted octanol–water partition coefficient (Wildman–Crippen LogP) is 5.44. The number of hydrogen-bond acceptors (Lipinski definition) is 4. The normalized spacial score (nSPS) is 12.2. The van der Waals surface area contributed by atoms with Gasteiger partial charge >= 0.3 is 0 Å². The Morgan fingerprint density at radius 1 is 0.921 bits per heavy atom. The summed E-state index contributed by atoms with van der Waals surface area (Å²) in [6, 6.07) is 18.7. The lowest BCUT2D eigenvalue weighted by Crippen LogP contribution is -2.52. The van der Waals surface area contributed by atoms with Crippen LogP contribution in [-0.2, 0) is 26.2 Å². The SMILES string of the molecule is Cc1ccc(CN(C(=O)CN(c2ccc(Cl)cc2Cl)S(=O)(=O)c2ccccc2)[C@@H](C)C(=O)NC(C)C)cc1. The molecule has 0 aliphatic heterocycles. The average molecular weight is 577 g/mol. The number of benzene rings is 3. The van der Waals surface area contributed by atoms with Crippen molar-refractivity contribution in [1.29, 1.82) is 0 Å². The number of halogens is 2. The molecule has 1 atom stereocenters. The molecular weight excluding hydrogens is 545 g/mol. The number of carbonyl (C=O) groups excluding carboxylic acids is 2. The van der Waals surface area contributed by atoms with Crippen molar-refractivity contribution >= 4 is 50.7 Å². The molecule has 0 aliphatic rings. The van der Waals surface area contributed by atoms with Crippen LogP contribution in [0.1, 0.15) is 31.9 Å². The van der Waals surface area contributed by atoms with E-state index in [1.54, 1.807) is 25.1 Å². The zero-order valence-electron chi connectivity index (χ0n) is 21.7. The summed E-state index contributed by atoms with van der Waals surface area (Å²) in [6.07, 6.45) is 0. The third kappa shape index (κ3) is 7.28. The molecule has 2 amide bonds. The molecular formula is C28H31Cl2N3O4S. The molecule has 0 saturated carbocycles. The number of sulfonamides is 1. The van der Waals surface area contributed by atoms with Gasteiger partial charge in [-0.2, -0.15) is 0 Å². The molecule has 0 saturated heterocycles. The Balaban J connectivity index is 2.05. The first kappa shape index (κ1) is 29.5. The Hall–Kier alpha value is -3.07. The van der Waals surface area contributed by atoms with Crippen LogP contribution < -0.4 is 9.62 Å². The fraction of sp³-hybridized carbons (Fsp3) is 0.286. The Labute approximate surface area is 234 Å². The Morgan fingerprint density at radius 2 is 1.55 bits per heavy atom. The lowest BCUT2D eigenvalue weighted by atomic mass is 10.1. The lowest BCUT2D eigenvalue weighted by molar-refractivity contribution is -0.139. The molecule has 3 aromatic carbocycles. The van der Waals surface area contributed by atoms with Gasteiger partial charge in [0.2, 0.25) is 11.8 Å². The molecule has 0 heterocycles. The van der Waals surface area contributed by atoms with Crippen LogP contribution in [0.25, 0.3) is 0 Å². The fourth-order valence-electron chi connectivity index (χ4n) is 3.79. The Morgan fingerprint density at radius 3 is 2.13 bits per heavy atom. The summed E-state index contributed by atoms with van der Waals surface area (Å²) in [7, 11) is -4.20. The smallest absolute Gasteiger partial charge is 0.264 e.